The Bertz CT molecular complexity index is 526. The highest BCUT2D eigenvalue weighted by Crippen LogP contribution is 2.37. The summed E-state index contributed by atoms with van der Waals surface area (Å²) < 4.78 is 71.7. The molecule has 0 aliphatic rings. The van der Waals surface area contributed by atoms with Crippen LogP contribution >= 0.6 is 10.7 Å². The van der Waals surface area contributed by atoms with Crippen LogP contribution in [-0.4, -0.2) is 8.42 Å². The Kier molecular flexibility index (Phi) is 3.08. The van der Waals surface area contributed by atoms with Gasteiger partial charge in [-0.15, -0.1) is 0 Å². The molecule has 0 aliphatic heterocycles. The molecule has 1 aromatic carbocycles. The highest BCUT2D eigenvalue weighted by molar-refractivity contribution is 8.13. The lowest BCUT2D eigenvalue weighted by atomic mass is 10.2. The van der Waals surface area contributed by atoms with Crippen LogP contribution in [0.2, 0.25) is 0 Å². The Balaban J connectivity index is 3.66. The van der Waals surface area contributed by atoms with E-state index in [9.17, 15) is 26.0 Å². The van der Waals surface area contributed by atoms with E-state index < -0.39 is 37.2 Å². The standard InChI is InChI=1S/C7H4ClF4NO2S/c8-16(14,15)6-2-4(9)5(13)1-3(6)7(10,11)12/h1-2H,13H2. The van der Waals surface area contributed by atoms with Gasteiger partial charge in [0.15, 0.2) is 0 Å². The molecule has 0 saturated carbocycles. The molecule has 0 aromatic heterocycles. The van der Waals surface area contributed by atoms with Gasteiger partial charge in [0, 0.05) is 10.7 Å². The molecule has 0 amide bonds. The quantitative estimate of drug-likeness (QED) is 0.487. The molecule has 0 spiro atoms. The first-order chi connectivity index (χ1) is 7.03. The number of rotatable bonds is 1. The number of halogens is 5. The van der Waals surface area contributed by atoms with Gasteiger partial charge in [-0.05, 0) is 12.1 Å². The van der Waals surface area contributed by atoms with Crippen LogP contribution in [0.5, 0.6) is 0 Å². The van der Waals surface area contributed by atoms with E-state index in [4.69, 9.17) is 16.4 Å². The van der Waals surface area contributed by atoms with Crippen LogP contribution in [0.4, 0.5) is 23.2 Å². The summed E-state index contributed by atoms with van der Waals surface area (Å²) in [7, 11) is 0.0596. The number of anilines is 1. The zero-order valence-corrected chi connectivity index (χ0v) is 8.92. The van der Waals surface area contributed by atoms with Crippen molar-refractivity contribution in [2.75, 3.05) is 5.73 Å². The Morgan fingerprint density at radius 2 is 1.75 bits per heavy atom. The Labute approximate surface area is 92.2 Å². The van der Waals surface area contributed by atoms with Crippen molar-refractivity contribution in [3.63, 3.8) is 0 Å². The van der Waals surface area contributed by atoms with Crippen molar-refractivity contribution in [3.05, 3.63) is 23.5 Å². The molecule has 2 N–H and O–H groups in total. The molecule has 0 heterocycles. The van der Waals surface area contributed by atoms with E-state index in [0.717, 1.165) is 0 Å². The molecule has 0 radical (unpaired) electrons. The van der Waals surface area contributed by atoms with Crippen molar-refractivity contribution in [2.45, 2.75) is 11.1 Å². The number of hydrogen-bond acceptors (Lipinski definition) is 3. The molecule has 16 heavy (non-hydrogen) atoms. The monoisotopic (exact) mass is 277 g/mol. The molecule has 9 heteroatoms. The fourth-order valence-corrected chi connectivity index (χ4v) is 2.06. The third kappa shape index (κ3) is 2.56. The topological polar surface area (TPSA) is 60.2 Å². The zero-order valence-electron chi connectivity index (χ0n) is 7.35. The smallest absolute Gasteiger partial charge is 0.396 e. The third-order valence-corrected chi connectivity index (χ3v) is 3.03. The van der Waals surface area contributed by atoms with Crippen LogP contribution < -0.4 is 5.73 Å². The predicted octanol–water partition coefficient (Wildman–Crippen LogP) is 2.35. The summed E-state index contributed by atoms with van der Waals surface area (Å²) in [6.07, 6.45) is -4.99. The van der Waals surface area contributed by atoms with E-state index in [-0.39, 0.29) is 12.1 Å². The van der Waals surface area contributed by atoms with Gasteiger partial charge in [0.05, 0.1) is 16.1 Å². The molecule has 0 fully saturated rings. The van der Waals surface area contributed by atoms with E-state index in [0.29, 0.717) is 0 Å². The highest BCUT2D eigenvalue weighted by Gasteiger charge is 2.37. The first-order valence-corrected chi connectivity index (χ1v) is 5.95. The van der Waals surface area contributed by atoms with Crippen LogP contribution in [0.3, 0.4) is 0 Å². The molecule has 0 unspecified atom stereocenters. The summed E-state index contributed by atoms with van der Waals surface area (Å²) in [6, 6.07) is 0.324. The van der Waals surface area contributed by atoms with E-state index in [1.54, 1.807) is 0 Å². The second-order valence-corrected chi connectivity index (χ2v) is 5.34. The van der Waals surface area contributed by atoms with Crippen molar-refractivity contribution in [2.24, 2.45) is 0 Å². The average molecular weight is 278 g/mol. The summed E-state index contributed by atoms with van der Waals surface area (Å²) >= 11 is 0. The SMILES string of the molecule is Nc1cc(C(F)(F)F)c(S(=O)(=O)Cl)cc1F. The fourth-order valence-electron chi connectivity index (χ4n) is 0.995. The van der Waals surface area contributed by atoms with Gasteiger partial charge in [-0.1, -0.05) is 0 Å². The maximum Gasteiger partial charge on any atom is 0.417 e. The normalized spacial score (nSPS) is 12.8. The van der Waals surface area contributed by atoms with Gasteiger partial charge in [0.25, 0.3) is 9.05 Å². The minimum atomic E-state index is -4.99. The number of nitrogens with two attached hydrogens (primary N) is 1. The van der Waals surface area contributed by atoms with E-state index in [2.05, 4.69) is 0 Å². The zero-order chi connectivity index (χ0) is 12.7. The lowest BCUT2D eigenvalue weighted by Gasteiger charge is -2.11. The molecular weight excluding hydrogens is 274 g/mol. The van der Waals surface area contributed by atoms with E-state index in [1.165, 1.54) is 0 Å². The summed E-state index contributed by atoms with van der Waals surface area (Å²) in [5, 5.41) is 0. The first kappa shape index (κ1) is 13.0. The summed E-state index contributed by atoms with van der Waals surface area (Å²) in [5.41, 5.74) is 2.51. The van der Waals surface area contributed by atoms with Gasteiger partial charge in [-0.3, -0.25) is 0 Å². The lowest BCUT2D eigenvalue weighted by molar-refractivity contribution is -0.139. The van der Waals surface area contributed by atoms with Crippen molar-refractivity contribution in [1.82, 2.24) is 0 Å². The maximum absolute atomic E-state index is 12.9. The lowest BCUT2D eigenvalue weighted by Crippen LogP contribution is -2.12. The van der Waals surface area contributed by atoms with Crippen LogP contribution in [-0.2, 0) is 15.2 Å². The van der Waals surface area contributed by atoms with Gasteiger partial charge in [-0.2, -0.15) is 13.2 Å². The molecule has 3 nitrogen and oxygen atoms in total. The molecule has 0 bridgehead atoms. The number of nitrogen functional groups attached to an aromatic ring is 1. The molecule has 90 valence electrons. The second kappa shape index (κ2) is 3.77. The van der Waals surface area contributed by atoms with Crippen LogP contribution in [0.15, 0.2) is 17.0 Å². The Morgan fingerprint density at radius 3 is 2.12 bits per heavy atom. The average Bonchev–Trinajstić information content (AvgIpc) is 2.05. The van der Waals surface area contributed by atoms with Gasteiger partial charge in [-0.25, -0.2) is 12.8 Å². The predicted molar refractivity (Wildman–Crippen MR) is 48.9 cm³/mol. The van der Waals surface area contributed by atoms with Crippen LogP contribution in [0.25, 0.3) is 0 Å². The largest absolute Gasteiger partial charge is 0.417 e. The van der Waals surface area contributed by atoms with Gasteiger partial charge < -0.3 is 5.73 Å². The molecule has 1 rings (SSSR count). The van der Waals surface area contributed by atoms with E-state index >= 15 is 0 Å². The van der Waals surface area contributed by atoms with Crippen molar-refractivity contribution in [3.8, 4) is 0 Å². The highest BCUT2D eigenvalue weighted by atomic mass is 35.7. The van der Waals surface area contributed by atoms with Gasteiger partial charge in [0.2, 0.25) is 0 Å². The molecule has 0 atom stereocenters. The molecule has 0 saturated heterocycles. The fraction of sp³-hybridized carbons (Fsp3) is 0.143. The third-order valence-electron chi connectivity index (χ3n) is 1.67. The van der Waals surface area contributed by atoms with Gasteiger partial charge in [0.1, 0.15) is 5.82 Å². The van der Waals surface area contributed by atoms with Gasteiger partial charge >= 0.3 is 6.18 Å². The Morgan fingerprint density at radius 1 is 1.25 bits per heavy atom. The minimum Gasteiger partial charge on any atom is -0.396 e. The first-order valence-electron chi connectivity index (χ1n) is 3.64. The van der Waals surface area contributed by atoms with Crippen molar-refractivity contribution in [1.29, 1.82) is 0 Å². The molecular formula is C7H4ClF4NO2S. The number of alkyl halides is 3. The van der Waals surface area contributed by atoms with Crippen LogP contribution in [0.1, 0.15) is 5.56 Å². The summed E-state index contributed by atoms with van der Waals surface area (Å²) in [4.78, 5) is -1.35. The minimum absolute atomic E-state index is 0.139. The van der Waals surface area contributed by atoms with E-state index in [1.807, 2.05) is 0 Å². The molecule has 1 aromatic rings. The number of hydrogen-bond donors (Lipinski definition) is 1. The second-order valence-electron chi connectivity index (χ2n) is 2.81. The summed E-state index contributed by atoms with van der Waals surface area (Å²) in [5.74, 6) is -1.28. The van der Waals surface area contributed by atoms with Crippen LogP contribution in [0, 0.1) is 5.82 Å². The maximum atomic E-state index is 12.9. The Hall–Kier alpha value is -1.02. The van der Waals surface area contributed by atoms with Crippen molar-refractivity contribution >= 4 is 25.4 Å². The molecule has 0 aliphatic carbocycles. The van der Waals surface area contributed by atoms with Crippen molar-refractivity contribution < 1.29 is 26.0 Å². The summed E-state index contributed by atoms with van der Waals surface area (Å²) in [6.45, 7) is 0. The number of benzene rings is 1.